The molecule has 2 amide bonds. The van der Waals surface area contributed by atoms with Crippen LogP contribution < -0.4 is 15.6 Å². The fraction of sp³-hybridized carbons (Fsp3) is 0.455. The normalized spacial score (nSPS) is 21.9. The lowest BCUT2D eigenvalue weighted by Crippen LogP contribution is -2.57. The van der Waals surface area contributed by atoms with Gasteiger partial charge in [0.15, 0.2) is 0 Å². The number of carbonyl (C=O) groups excluding carboxylic acids is 2. The Morgan fingerprint density at radius 1 is 1.12 bits per heavy atom. The van der Waals surface area contributed by atoms with Crippen molar-refractivity contribution in [3.8, 4) is 0 Å². The summed E-state index contributed by atoms with van der Waals surface area (Å²) in [5.41, 5.74) is 1.65. The Kier molecular flexibility index (Phi) is 7.02. The van der Waals surface area contributed by atoms with E-state index in [1.165, 1.54) is 11.3 Å². The average Bonchev–Trinajstić information content (AvgIpc) is 3.36. The number of rotatable bonds is 5. The molecule has 2 aliphatic heterocycles. The quantitative estimate of drug-likeness (QED) is 0.687. The van der Waals surface area contributed by atoms with Gasteiger partial charge in [-0.15, -0.1) is 11.3 Å². The number of hydrogen-bond donors (Lipinski definition) is 2. The molecule has 0 saturated carbocycles. The van der Waals surface area contributed by atoms with Crippen LogP contribution in [0.4, 0.5) is 11.4 Å². The zero-order valence-electron chi connectivity index (χ0n) is 18.2. The van der Waals surface area contributed by atoms with E-state index < -0.39 is 5.54 Å². The molecule has 2 aliphatic rings. The predicted molar refractivity (Wildman–Crippen MR) is 126 cm³/mol. The van der Waals surface area contributed by atoms with Gasteiger partial charge in [0, 0.05) is 32.3 Å². The number of nitrogens with one attached hydrogen (secondary N) is 2. The SMILES string of the molecule is Cc1cc(NC(=O)C2(NC(=O)c3ccc(Cl)s3)CCOC2)ccc1N1CCOCCN1C. The summed E-state index contributed by atoms with van der Waals surface area (Å²) < 4.78 is 11.6. The summed E-state index contributed by atoms with van der Waals surface area (Å²) in [7, 11) is 2.04. The van der Waals surface area contributed by atoms with Crippen LogP contribution in [0, 0.1) is 6.92 Å². The third-order valence-corrected chi connectivity index (χ3v) is 6.99. The van der Waals surface area contributed by atoms with E-state index in [2.05, 4.69) is 20.7 Å². The summed E-state index contributed by atoms with van der Waals surface area (Å²) in [5, 5.41) is 10.2. The van der Waals surface area contributed by atoms with Crippen LogP contribution in [-0.4, -0.2) is 68.9 Å². The number of ether oxygens (including phenoxy) is 2. The molecule has 1 aromatic carbocycles. The van der Waals surface area contributed by atoms with E-state index in [1.54, 1.807) is 12.1 Å². The Balaban J connectivity index is 1.49. The highest BCUT2D eigenvalue weighted by molar-refractivity contribution is 7.18. The molecule has 0 aliphatic carbocycles. The van der Waals surface area contributed by atoms with Gasteiger partial charge in [0.2, 0.25) is 0 Å². The van der Waals surface area contributed by atoms with Gasteiger partial charge in [-0.2, -0.15) is 0 Å². The molecular formula is C22H27ClN4O4S. The first kappa shape index (κ1) is 23.0. The van der Waals surface area contributed by atoms with Crippen molar-refractivity contribution in [1.29, 1.82) is 0 Å². The Morgan fingerprint density at radius 3 is 2.62 bits per heavy atom. The van der Waals surface area contributed by atoms with Crippen molar-refractivity contribution in [3.63, 3.8) is 0 Å². The second-order valence-corrected chi connectivity index (χ2v) is 9.73. The highest BCUT2D eigenvalue weighted by atomic mass is 35.5. The third kappa shape index (κ3) is 4.92. The zero-order valence-corrected chi connectivity index (χ0v) is 19.7. The molecule has 4 rings (SSSR count). The smallest absolute Gasteiger partial charge is 0.262 e. The molecule has 2 aromatic rings. The van der Waals surface area contributed by atoms with Crippen LogP contribution in [0.5, 0.6) is 0 Å². The standard InChI is InChI=1S/C22H27ClN4O4S/c1-15-13-16(3-4-17(15)27-9-12-30-11-8-26(27)2)24-21(29)22(7-10-31-14-22)25-20(28)18-5-6-19(23)32-18/h3-6,13H,7-12,14H2,1-2H3,(H,24,29)(H,25,28). The summed E-state index contributed by atoms with van der Waals surface area (Å²) in [5.74, 6) is -0.626. The van der Waals surface area contributed by atoms with Crippen molar-refractivity contribution in [2.24, 2.45) is 0 Å². The molecule has 1 unspecified atom stereocenters. The monoisotopic (exact) mass is 478 g/mol. The largest absolute Gasteiger partial charge is 0.378 e. The maximum absolute atomic E-state index is 13.2. The summed E-state index contributed by atoms with van der Waals surface area (Å²) in [4.78, 5) is 26.4. The highest BCUT2D eigenvalue weighted by Gasteiger charge is 2.44. The number of thiophene rings is 1. The van der Waals surface area contributed by atoms with Crippen LogP contribution in [-0.2, 0) is 14.3 Å². The Hall–Kier alpha value is -2.17. The summed E-state index contributed by atoms with van der Waals surface area (Å²) >= 11 is 7.12. The topological polar surface area (TPSA) is 83.1 Å². The van der Waals surface area contributed by atoms with Crippen LogP contribution in [0.25, 0.3) is 0 Å². The van der Waals surface area contributed by atoms with Gasteiger partial charge in [0.1, 0.15) is 5.54 Å². The number of benzene rings is 1. The minimum atomic E-state index is -1.12. The summed E-state index contributed by atoms with van der Waals surface area (Å²) in [6.07, 6.45) is 0.402. The second kappa shape index (κ2) is 9.76. The van der Waals surface area contributed by atoms with Crippen LogP contribution in [0.2, 0.25) is 4.34 Å². The summed E-state index contributed by atoms with van der Waals surface area (Å²) in [6.45, 7) is 5.49. The first-order valence-corrected chi connectivity index (χ1v) is 11.7. The Bertz CT molecular complexity index is 992. The van der Waals surface area contributed by atoms with Gasteiger partial charge in [0.05, 0.1) is 41.3 Å². The molecule has 10 heteroatoms. The van der Waals surface area contributed by atoms with Crippen molar-refractivity contribution in [1.82, 2.24) is 10.3 Å². The minimum absolute atomic E-state index is 0.124. The van der Waals surface area contributed by atoms with Crippen molar-refractivity contribution in [2.45, 2.75) is 18.9 Å². The first-order valence-electron chi connectivity index (χ1n) is 10.5. The van der Waals surface area contributed by atoms with Crippen LogP contribution >= 0.6 is 22.9 Å². The van der Waals surface area contributed by atoms with Gasteiger partial charge < -0.3 is 25.1 Å². The van der Waals surface area contributed by atoms with Crippen molar-refractivity contribution in [3.05, 3.63) is 45.1 Å². The van der Waals surface area contributed by atoms with Gasteiger partial charge in [-0.1, -0.05) is 11.6 Å². The fourth-order valence-electron chi connectivity index (χ4n) is 3.93. The van der Waals surface area contributed by atoms with Crippen molar-refractivity contribution in [2.75, 3.05) is 56.9 Å². The van der Waals surface area contributed by atoms with Gasteiger partial charge in [0.25, 0.3) is 11.8 Å². The molecule has 2 fully saturated rings. The number of likely N-dealkylation sites (N-methyl/N-ethyl adjacent to an activating group) is 1. The average molecular weight is 479 g/mol. The lowest BCUT2D eigenvalue weighted by Gasteiger charge is -2.33. The number of nitrogens with zero attached hydrogens (tertiary/aromatic N) is 2. The van der Waals surface area contributed by atoms with E-state index in [4.69, 9.17) is 21.1 Å². The van der Waals surface area contributed by atoms with Gasteiger partial charge in [-0.3, -0.25) is 9.59 Å². The number of carbonyl (C=O) groups is 2. The van der Waals surface area contributed by atoms with Gasteiger partial charge >= 0.3 is 0 Å². The number of halogens is 1. The first-order chi connectivity index (χ1) is 15.4. The van der Waals surface area contributed by atoms with E-state index in [1.807, 2.05) is 32.2 Å². The number of anilines is 2. The number of hydrazine groups is 1. The third-order valence-electron chi connectivity index (χ3n) is 5.76. The second-order valence-electron chi connectivity index (χ2n) is 8.01. The molecule has 172 valence electrons. The fourth-order valence-corrected chi connectivity index (χ4v) is 4.87. The molecule has 0 spiro atoms. The van der Waals surface area contributed by atoms with E-state index in [9.17, 15) is 9.59 Å². The number of aryl methyl sites for hydroxylation is 1. The molecule has 3 heterocycles. The van der Waals surface area contributed by atoms with Crippen molar-refractivity contribution < 1.29 is 19.1 Å². The maximum atomic E-state index is 13.2. The molecule has 1 aromatic heterocycles. The minimum Gasteiger partial charge on any atom is -0.378 e. The van der Waals surface area contributed by atoms with Crippen LogP contribution in [0.1, 0.15) is 21.7 Å². The van der Waals surface area contributed by atoms with Crippen LogP contribution in [0.15, 0.2) is 30.3 Å². The molecule has 0 bridgehead atoms. The molecule has 2 saturated heterocycles. The zero-order chi connectivity index (χ0) is 22.7. The summed E-state index contributed by atoms with van der Waals surface area (Å²) in [6, 6.07) is 9.13. The van der Waals surface area contributed by atoms with E-state index >= 15 is 0 Å². The maximum Gasteiger partial charge on any atom is 0.262 e. The van der Waals surface area contributed by atoms with Crippen molar-refractivity contribution >= 4 is 46.1 Å². The Morgan fingerprint density at radius 2 is 1.94 bits per heavy atom. The number of amides is 2. The van der Waals surface area contributed by atoms with E-state index in [0.29, 0.717) is 41.1 Å². The lowest BCUT2D eigenvalue weighted by molar-refractivity contribution is -0.122. The lowest BCUT2D eigenvalue weighted by atomic mass is 9.96. The predicted octanol–water partition coefficient (Wildman–Crippen LogP) is 2.92. The molecule has 2 N–H and O–H groups in total. The number of hydrogen-bond acceptors (Lipinski definition) is 7. The highest BCUT2D eigenvalue weighted by Crippen LogP contribution is 2.28. The molecule has 1 atom stereocenters. The van der Waals surface area contributed by atoms with Gasteiger partial charge in [-0.05, 0) is 42.8 Å². The molecule has 8 nitrogen and oxygen atoms in total. The molecule has 32 heavy (non-hydrogen) atoms. The van der Waals surface area contributed by atoms with Gasteiger partial charge in [-0.25, -0.2) is 5.01 Å². The van der Waals surface area contributed by atoms with Crippen LogP contribution in [0.3, 0.4) is 0 Å². The molecular weight excluding hydrogens is 452 g/mol. The molecule has 0 radical (unpaired) electrons. The van der Waals surface area contributed by atoms with E-state index in [0.717, 1.165) is 24.3 Å². The Labute approximate surface area is 196 Å². The van der Waals surface area contributed by atoms with E-state index in [-0.39, 0.29) is 18.4 Å².